The van der Waals surface area contributed by atoms with Crippen molar-refractivity contribution >= 4 is 22.4 Å². The Morgan fingerprint density at radius 2 is 1.64 bits per heavy atom. The molecule has 0 N–H and O–H groups in total. The minimum absolute atomic E-state index is 0. The summed E-state index contributed by atoms with van der Waals surface area (Å²) in [7, 11) is 2.22. The van der Waals surface area contributed by atoms with E-state index in [4.69, 9.17) is 0 Å². The summed E-state index contributed by atoms with van der Waals surface area (Å²) in [5.74, 6) is 0. The van der Waals surface area contributed by atoms with E-state index in [0.717, 1.165) is 11.3 Å². The molecule has 3 heterocycles. The van der Waals surface area contributed by atoms with Crippen LogP contribution in [0.3, 0.4) is 0 Å². The third-order valence-corrected chi connectivity index (χ3v) is 10.0. The molecule has 8 rings (SSSR count). The topological polar surface area (TPSA) is 24.9 Å². The van der Waals surface area contributed by atoms with Crippen molar-refractivity contribution < 1.29 is 24.7 Å². The predicted molar refractivity (Wildman–Crippen MR) is 175 cm³/mol. The van der Waals surface area contributed by atoms with Crippen LogP contribution in [-0.2, 0) is 30.9 Å². The van der Waals surface area contributed by atoms with Gasteiger partial charge in [0.05, 0.1) is 17.1 Å². The SMILES string of the molecule is CN1c2cc3c([c-]c2-[n+]2[c-]n(C4CCCCC4)c4cccc1c42)C(C)(C)CCC3(C)C.[Ir+3].[c-]1ccccc1-c1ccccn1. The third kappa shape index (κ3) is 5.33. The molecule has 2 aliphatic carbocycles. The van der Waals surface area contributed by atoms with Gasteiger partial charge in [-0.15, -0.1) is 41.5 Å². The van der Waals surface area contributed by atoms with E-state index in [9.17, 15) is 0 Å². The van der Waals surface area contributed by atoms with Crippen molar-refractivity contribution in [3.8, 4) is 16.9 Å². The summed E-state index contributed by atoms with van der Waals surface area (Å²) >= 11 is 0. The molecule has 0 spiro atoms. The first kappa shape index (κ1) is 30.7. The van der Waals surface area contributed by atoms with Gasteiger partial charge in [0.25, 0.3) is 0 Å². The van der Waals surface area contributed by atoms with E-state index >= 15 is 0 Å². The zero-order valence-corrected chi connectivity index (χ0v) is 29.0. The minimum Gasteiger partial charge on any atom is -0.407 e. The van der Waals surface area contributed by atoms with Crippen molar-refractivity contribution in [1.82, 2.24) is 9.55 Å². The number of hydrogen-bond acceptors (Lipinski definition) is 2. The fraction of sp³-hybridized carbons (Fsp3) is 0.385. The van der Waals surface area contributed by atoms with Gasteiger partial charge < -0.3 is 19.0 Å². The Kier molecular flexibility index (Phi) is 8.32. The summed E-state index contributed by atoms with van der Waals surface area (Å²) in [5.41, 5.74) is 11.5. The van der Waals surface area contributed by atoms with Crippen molar-refractivity contribution in [3.63, 3.8) is 0 Å². The molecule has 5 heteroatoms. The standard InChI is InChI=1S/C28H34N3.C11H8N.Ir/c1-27(2)14-15-28(3,4)21-17-25-24(16-20(21)27)29(5)22-12-9-13-23-26(22)31(25)18-30(23)19-10-7-6-8-11-19;1-2-6-10(7-3-1)11-8-4-5-9-12-11;/h9,12-13,16,19H,6-8,10-11,14-15H2,1-5H3;1-6,8-9H;/q2*-1;+3. The van der Waals surface area contributed by atoms with E-state index in [1.165, 1.54) is 84.2 Å². The van der Waals surface area contributed by atoms with Crippen LogP contribution in [0, 0.1) is 18.5 Å². The summed E-state index contributed by atoms with van der Waals surface area (Å²) in [6.45, 7) is 9.58. The van der Waals surface area contributed by atoms with Crippen LogP contribution in [0.15, 0.2) is 72.9 Å². The van der Waals surface area contributed by atoms with Crippen molar-refractivity contribution in [2.75, 3.05) is 11.9 Å². The summed E-state index contributed by atoms with van der Waals surface area (Å²) in [5, 5.41) is 0. The number of hydrogen-bond donors (Lipinski definition) is 0. The molecule has 1 saturated carbocycles. The van der Waals surface area contributed by atoms with E-state index in [-0.39, 0.29) is 30.9 Å². The van der Waals surface area contributed by atoms with Crippen LogP contribution in [0.2, 0.25) is 0 Å². The monoisotopic (exact) mass is 759 g/mol. The number of anilines is 2. The largest absolute Gasteiger partial charge is 3.00 e. The molecule has 5 aromatic rings. The van der Waals surface area contributed by atoms with Crippen LogP contribution in [0.4, 0.5) is 11.4 Å². The zero-order valence-electron chi connectivity index (χ0n) is 26.6. The molecule has 3 aliphatic rings. The van der Waals surface area contributed by atoms with Gasteiger partial charge in [-0.2, -0.15) is 17.7 Å². The molecule has 0 saturated heterocycles. The molecular formula is C39H42IrN4+. The van der Waals surface area contributed by atoms with Crippen molar-refractivity contribution in [2.45, 2.75) is 89.5 Å². The van der Waals surface area contributed by atoms with E-state index in [1.54, 1.807) is 6.20 Å². The van der Waals surface area contributed by atoms with E-state index in [1.807, 2.05) is 42.5 Å². The maximum atomic E-state index is 4.22. The van der Waals surface area contributed by atoms with Gasteiger partial charge >= 0.3 is 20.1 Å². The molecule has 3 aromatic carbocycles. The van der Waals surface area contributed by atoms with Crippen molar-refractivity contribution in [3.05, 3.63) is 103 Å². The fourth-order valence-corrected chi connectivity index (χ4v) is 7.31. The van der Waals surface area contributed by atoms with Gasteiger partial charge in [0.2, 0.25) is 6.33 Å². The molecule has 0 unspecified atom stereocenters. The van der Waals surface area contributed by atoms with Crippen LogP contribution >= 0.6 is 0 Å². The van der Waals surface area contributed by atoms with Crippen LogP contribution in [0.5, 0.6) is 0 Å². The Hall–Kier alpha value is -3.27. The summed E-state index contributed by atoms with van der Waals surface area (Å²) in [6, 6.07) is 30.6. The number of fused-ring (bicyclic) bond motifs is 3. The molecule has 4 nitrogen and oxygen atoms in total. The molecule has 1 aliphatic heterocycles. The molecule has 0 amide bonds. The van der Waals surface area contributed by atoms with E-state index < -0.39 is 0 Å². The number of rotatable bonds is 2. The fourth-order valence-electron chi connectivity index (χ4n) is 7.31. The Balaban J connectivity index is 0.000000222. The number of pyridine rings is 1. The van der Waals surface area contributed by atoms with Gasteiger partial charge in [0.1, 0.15) is 0 Å². The second kappa shape index (κ2) is 11.9. The molecule has 1 fully saturated rings. The normalized spacial score (nSPS) is 18.0. The van der Waals surface area contributed by atoms with Crippen molar-refractivity contribution in [1.29, 1.82) is 0 Å². The van der Waals surface area contributed by atoms with Crippen molar-refractivity contribution in [2.24, 2.45) is 0 Å². The van der Waals surface area contributed by atoms with Crippen LogP contribution in [-0.4, -0.2) is 16.6 Å². The summed E-state index contributed by atoms with van der Waals surface area (Å²) < 4.78 is 4.77. The number of para-hydroxylation sites is 1. The average molecular weight is 759 g/mol. The zero-order chi connectivity index (χ0) is 29.8. The second-order valence-corrected chi connectivity index (χ2v) is 13.9. The molecule has 0 radical (unpaired) electrons. The van der Waals surface area contributed by atoms with Crippen LogP contribution in [0.1, 0.15) is 89.8 Å². The first-order valence-electron chi connectivity index (χ1n) is 16.0. The Morgan fingerprint density at radius 3 is 2.36 bits per heavy atom. The Morgan fingerprint density at radius 1 is 0.864 bits per heavy atom. The minimum atomic E-state index is 0. The number of benzene rings is 3. The first-order valence-corrected chi connectivity index (χ1v) is 16.0. The Labute approximate surface area is 276 Å². The molecule has 2 aromatic heterocycles. The summed E-state index contributed by atoms with van der Waals surface area (Å²) in [6.07, 6.45) is 14.6. The molecular weight excluding hydrogens is 717 g/mol. The third-order valence-electron chi connectivity index (χ3n) is 10.0. The Bertz CT molecular complexity index is 1730. The maximum absolute atomic E-state index is 4.22. The van der Waals surface area contributed by atoms with E-state index in [0.29, 0.717) is 6.04 Å². The quantitative estimate of drug-likeness (QED) is 0.133. The van der Waals surface area contributed by atoms with Gasteiger partial charge in [0, 0.05) is 11.9 Å². The average Bonchev–Trinajstić information content (AvgIpc) is 3.44. The maximum Gasteiger partial charge on any atom is 3.00 e. The number of nitrogens with zero attached hydrogens (tertiary/aromatic N) is 4. The van der Waals surface area contributed by atoms with Gasteiger partial charge in [-0.1, -0.05) is 75.9 Å². The molecule has 0 bridgehead atoms. The van der Waals surface area contributed by atoms with Gasteiger partial charge in [-0.3, -0.25) is 0 Å². The molecule has 226 valence electrons. The first-order chi connectivity index (χ1) is 20.7. The molecule has 0 atom stereocenters. The van der Waals surface area contributed by atoms with Gasteiger partial charge in [0.15, 0.2) is 0 Å². The number of imidazole rings is 1. The second-order valence-electron chi connectivity index (χ2n) is 13.9. The van der Waals surface area contributed by atoms with Gasteiger partial charge in [-0.25, -0.2) is 0 Å². The smallest absolute Gasteiger partial charge is 0.407 e. The van der Waals surface area contributed by atoms with Crippen LogP contribution in [0.25, 0.3) is 28.0 Å². The van der Waals surface area contributed by atoms with Crippen LogP contribution < -0.4 is 9.47 Å². The predicted octanol–water partition coefficient (Wildman–Crippen LogP) is 9.00. The summed E-state index contributed by atoms with van der Waals surface area (Å²) in [4.78, 5) is 6.60. The van der Waals surface area contributed by atoms with Gasteiger partial charge in [-0.05, 0) is 68.1 Å². The molecule has 44 heavy (non-hydrogen) atoms. The van der Waals surface area contributed by atoms with E-state index in [2.05, 4.69) is 96.5 Å². The number of aromatic nitrogens is 3.